The molecule has 2 rings (SSSR count). The van der Waals surface area contributed by atoms with Gasteiger partial charge in [-0.2, -0.15) is 0 Å². The number of benzene rings is 2. The Balaban J connectivity index is 2.46. The molecule has 22 heavy (non-hydrogen) atoms. The highest BCUT2D eigenvalue weighted by atomic mass is 79.9. The molecule has 2 aromatic rings. The maximum atomic E-state index is 13.8. The van der Waals surface area contributed by atoms with Crippen molar-refractivity contribution in [2.75, 3.05) is 4.72 Å². The Hall–Kier alpha value is -1.93. The number of anilines is 1. The van der Waals surface area contributed by atoms with E-state index in [-0.39, 0.29) is 16.1 Å². The molecule has 0 saturated carbocycles. The van der Waals surface area contributed by atoms with E-state index in [1.807, 2.05) is 0 Å². The molecule has 0 unspecified atom stereocenters. The summed E-state index contributed by atoms with van der Waals surface area (Å²) >= 11 is 3.08. The largest absolute Gasteiger partial charge is 0.478 e. The van der Waals surface area contributed by atoms with Gasteiger partial charge in [0.25, 0.3) is 10.0 Å². The van der Waals surface area contributed by atoms with E-state index in [0.29, 0.717) is 10.0 Å². The number of rotatable bonds is 4. The lowest BCUT2D eigenvalue weighted by atomic mass is 10.1. The monoisotopic (exact) mass is 387 g/mol. The molecule has 0 saturated heterocycles. The molecular formula is C14H11BrFNO4S. The zero-order chi connectivity index (χ0) is 16.5. The maximum Gasteiger partial charge on any atom is 0.335 e. The SMILES string of the molecule is Cc1ccc(C(=O)O)cc1S(=O)(=O)Nc1ccc(Br)cc1F. The van der Waals surface area contributed by atoms with Gasteiger partial charge >= 0.3 is 5.97 Å². The number of aryl methyl sites for hydroxylation is 1. The summed E-state index contributed by atoms with van der Waals surface area (Å²) in [6, 6.07) is 7.61. The van der Waals surface area contributed by atoms with Gasteiger partial charge in [0.05, 0.1) is 16.1 Å². The Morgan fingerprint density at radius 1 is 1.23 bits per heavy atom. The van der Waals surface area contributed by atoms with Crippen molar-refractivity contribution in [3.05, 3.63) is 57.8 Å². The second-order valence-electron chi connectivity index (χ2n) is 4.52. The number of hydrogen-bond acceptors (Lipinski definition) is 3. The second-order valence-corrected chi connectivity index (χ2v) is 7.08. The minimum absolute atomic E-state index is 0.165. The minimum atomic E-state index is -4.10. The van der Waals surface area contributed by atoms with E-state index in [0.717, 1.165) is 12.1 Å². The van der Waals surface area contributed by atoms with E-state index < -0.39 is 21.8 Å². The van der Waals surface area contributed by atoms with Crippen molar-refractivity contribution in [1.82, 2.24) is 0 Å². The molecule has 0 aromatic heterocycles. The number of carboxylic acid groups (broad SMARTS) is 1. The van der Waals surface area contributed by atoms with Gasteiger partial charge in [-0.25, -0.2) is 17.6 Å². The van der Waals surface area contributed by atoms with Crippen LogP contribution in [0, 0.1) is 12.7 Å². The first-order valence-electron chi connectivity index (χ1n) is 6.02. The Morgan fingerprint density at radius 2 is 1.91 bits per heavy atom. The molecule has 0 heterocycles. The third-order valence-corrected chi connectivity index (χ3v) is 4.90. The predicted octanol–water partition coefficient (Wildman–Crippen LogP) is 3.40. The van der Waals surface area contributed by atoms with Gasteiger partial charge in [0.1, 0.15) is 5.82 Å². The lowest BCUT2D eigenvalue weighted by Gasteiger charge is -2.12. The fraction of sp³-hybridized carbons (Fsp3) is 0.0714. The van der Waals surface area contributed by atoms with Crippen molar-refractivity contribution in [1.29, 1.82) is 0 Å². The van der Waals surface area contributed by atoms with E-state index in [1.54, 1.807) is 0 Å². The van der Waals surface area contributed by atoms with Gasteiger partial charge in [-0.1, -0.05) is 22.0 Å². The Morgan fingerprint density at radius 3 is 2.50 bits per heavy atom. The highest BCUT2D eigenvalue weighted by Crippen LogP contribution is 2.24. The first kappa shape index (κ1) is 16.4. The molecule has 0 radical (unpaired) electrons. The van der Waals surface area contributed by atoms with Crippen molar-refractivity contribution in [3.63, 3.8) is 0 Å². The van der Waals surface area contributed by atoms with Gasteiger partial charge in [-0.15, -0.1) is 0 Å². The average Bonchev–Trinajstić information content (AvgIpc) is 2.42. The number of hydrogen-bond donors (Lipinski definition) is 2. The molecular weight excluding hydrogens is 377 g/mol. The summed E-state index contributed by atoms with van der Waals surface area (Å²) in [6.07, 6.45) is 0. The summed E-state index contributed by atoms with van der Waals surface area (Å²) in [4.78, 5) is 10.7. The molecule has 0 spiro atoms. The molecule has 0 aliphatic carbocycles. The smallest absolute Gasteiger partial charge is 0.335 e. The number of aromatic carboxylic acids is 1. The quantitative estimate of drug-likeness (QED) is 0.841. The second kappa shape index (κ2) is 6.05. The lowest BCUT2D eigenvalue weighted by molar-refractivity contribution is 0.0696. The first-order valence-corrected chi connectivity index (χ1v) is 8.30. The van der Waals surface area contributed by atoms with Gasteiger partial charge in [0.15, 0.2) is 0 Å². The van der Waals surface area contributed by atoms with Gasteiger partial charge in [-0.3, -0.25) is 4.72 Å². The Kier molecular flexibility index (Phi) is 4.52. The molecule has 0 bridgehead atoms. The molecule has 116 valence electrons. The topological polar surface area (TPSA) is 83.5 Å². The van der Waals surface area contributed by atoms with Crippen LogP contribution in [0.5, 0.6) is 0 Å². The standard InChI is InChI=1S/C14H11BrFNO4S/c1-8-2-3-9(14(18)19)6-13(8)22(20,21)17-12-5-4-10(15)7-11(12)16/h2-7,17H,1H3,(H,18,19). The predicted molar refractivity (Wildman–Crippen MR) is 83.0 cm³/mol. The highest BCUT2D eigenvalue weighted by molar-refractivity contribution is 9.10. The van der Waals surface area contributed by atoms with Crippen LogP contribution in [0.1, 0.15) is 15.9 Å². The van der Waals surface area contributed by atoms with Crippen LogP contribution in [-0.2, 0) is 10.0 Å². The van der Waals surface area contributed by atoms with Crippen LogP contribution in [0.4, 0.5) is 10.1 Å². The van der Waals surface area contributed by atoms with Gasteiger partial charge in [0.2, 0.25) is 0 Å². The zero-order valence-corrected chi connectivity index (χ0v) is 13.7. The van der Waals surface area contributed by atoms with Gasteiger partial charge in [0, 0.05) is 4.47 Å². The van der Waals surface area contributed by atoms with Crippen LogP contribution in [-0.4, -0.2) is 19.5 Å². The fourth-order valence-electron chi connectivity index (χ4n) is 1.79. The number of halogens is 2. The lowest BCUT2D eigenvalue weighted by Crippen LogP contribution is -2.16. The molecule has 0 aliphatic rings. The first-order chi connectivity index (χ1) is 10.2. The van der Waals surface area contributed by atoms with Crippen LogP contribution >= 0.6 is 15.9 Å². The Bertz CT molecular complexity index is 852. The third-order valence-electron chi connectivity index (χ3n) is 2.90. The van der Waals surface area contributed by atoms with E-state index in [4.69, 9.17) is 5.11 Å². The number of nitrogens with one attached hydrogen (secondary N) is 1. The average molecular weight is 388 g/mol. The molecule has 5 nitrogen and oxygen atoms in total. The number of sulfonamides is 1. The molecule has 0 aliphatic heterocycles. The van der Waals surface area contributed by atoms with E-state index in [2.05, 4.69) is 20.7 Å². The van der Waals surface area contributed by atoms with Crippen molar-refractivity contribution >= 4 is 37.6 Å². The maximum absolute atomic E-state index is 13.8. The van der Waals surface area contributed by atoms with Crippen molar-refractivity contribution in [2.24, 2.45) is 0 Å². The van der Waals surface area contributed by atoms with Crippen LogP contribution in [0.3, 0.4) is 0 Å². The summed E-state index contributed by atoms with van der Waals surface area (Å²) in [5, 5.41) is 8.95. The Labute approximate surface area is 135 Å². The summed E-state index contributed by atoms with van der Waals surface area (Å²) in [7, 11) is -4.10. The minimum Gasteiger partial charge on any atom is -0.478 e. The van der Waals surface area contributed by atoms with Crippen LogP contribution in [0.2, 0.25) is 0 Å². The molecule has 8 heteroatoms. The van der Waals surface area contributed by atoms with Gasteiger partial charge in [-0.05, 0) is 42.8 Å². The zero-order valence-electron chi connectivity index (χ0n) is 11.3. The van der Waals surface area contributed by atoms with E-state index in [1.165, 1.54) is 31.2 Å². The van der Waals surface area contributed by atoms with Crippen LogP contribution < -0.4 is 4.72 Å². The summed E-state index contributed by atoms with van der Waals surface area (Å²) < 4.78 is 41.0. The van der Waals surface area contributed by atoms with E-state index in [9.17, 15) is 17.6 Å². The summed E-state index contributed by atoms with van der Waals surface area (Å²) in [5.41, 5.74) is -0.0272. The van der Waals surface area contributed by atoms with Gasteiger partial charge < -0.3 is 5.11 Å². The molecule has 0 fully saturated rings. The van der Waals surface area contributed by atoms with E-state index >= 15 is 0 Å². The van der Waals surface area contributed by atoms with Crippen molar-refractivity contribution < 1.29 is 22.7 Å². The summed E-state index contributed by atoms with van der Waals surface area (Å²) in [6.45, 7) is 1.53. The van der Waals surface area contributed by atoms with Crippen LogP contribution in [0.25, 0.3) is 0 Å². The van der Waals surface area contributed by atoms with Crippen molar-refractivity contribution in [3.8, 4) is 0 Å². The third kappa shape index (κ3) is 3.45. The summed E-state index contributed by atoms with van der Waals surface area (Å²) in [5.74, 6) is -1.99. The molecule has 0 atom stereocenters. The number of carboxylic acids is 1. The molecule has 0 amide bonds. The fourth-order valence-corrected chi connectivity index (χ4v) is 3.47. The molecule has 2 N–H and O–H groups in total. The van der Waals surface area contributed by atoms with Crippen molar-refractivity contribution in [2.45, 2.75) is 11.8 Å². The molecule has 2 aromatic carbocycles. The van der Waals surface area contributed by atoms with Crippen LogP contribution in [0.15, 0.2) is 45.8 Å². The number of carbonyl (C=O) groups is 1. The normalized spacial score (nSPS) is 11.2. The highest BCUT2D eigenvalue weighted by Gasteiger charge is 2.20.